The summed E-state index contributed by atoms with van der Waals surface area (Å²) < 4.78 is 31.9. The summed E-state index contributed by atoms with van der Waals surface area (Å²) in [5.74, 6) is 0.455. The van der Waals surface area contributed by atoms with Crippen molar-refractivity contribution in [3.63, 3.8) is 0 Å². The van der Waals surface area contributed by atoms with Gasteiger partial charge in [-0.15, -0.1) is 0 Å². The number of benzene rings is 1. The summed E-state index contributed by atoms with van der Waals surface area (Å²) in [5, 5.41) is 11.0. The third-order valence-corrected chi connectivity index (χ3v) is 7.22. The number of aryl methyl sites for hydroxylation is 1. The molecule has 0 spiro atoms. The SMILES string of the molecule is Cc1ccc(S(=O)(=O)N2CC(CBr)([C@H](O)c3ccco3)C2)cc1. The van der Waals surface area contributed by atoms with E-state index in [1.54, 1.807) is 36.4 Å². The molecule has 1 aromatic heterocycles. The minimum atomic E-state index is -3.53. The molecule has 3 rings (SSSR count). The van der Waals surface area contributed by atoms with Gasteiger partial charge in [0, 0.05) is 23.8 Å². The first-order chi connectivity index (χ1) is 10.9. The number of rotatable bonds is 5. The van der Waals surface area contributed by atoms with Gasteiger partial charge in [0.15, 0.2) is 0 Å². The van der Waals surface area contributed by atoms with Crippen molar-refractivity contribution in [2.24, 2.45) is 5.41 Å². The zero-order valence-electron chi connectivity index (χ0n) is 12.6. The summed E-state index contributed by atoms with van der Waals surface area (Å²) in [7, 11) is -3.53. The van der Waals surface area contributed by atoms with Crippen LogP contribution in [0, 0.1) is 12.3 Å². The van der Waals surface area contributed by atoms with Crippen LogP contribution in [0.5, 0.6) is 0 Å². The Balaban J connectivity index is 1.79. The van der Waals surface area contributed by atoms with Crippen molar-refractivity contribution in [2.75, 3.05) is 18.4 Å². The van der Waals surface area contributed by atoms with Gasteiger partial charge in [-0.25, -0.2) is 8.42 Å². The predicted octanol–water partition coefficient (Wildman–Crippen LogP) is 2.71. The van der Waals surface area contributed by atoms with E-state index in [4.69, 9.17) is 4.42 Å². The van der Waals surface area contributed by atoms with Gasteiger partial charge in [0.25, 0.3) is 0 Å². The molecule has 0 bridgehead atoms. The Morgan fingerprint density at radius 1 is 1.30 bits per heavy atom. The Hall–Kier alpha value is -1.15. The molecule has 0 radical (unpaired) electrons. The molecule has 1 N–H and O–H groups in total. The lowest BCUT2D eigenvalue weighted by Gasteiger charge is -2.50. The van der Waals surface area contributed by atoms with E-state index in [0.29, 0.717) is 11.1 Å². The first-order valence-electron chi connectivity index (χ1n) is 7.23. The summed E-state index contributed by atoms with van der Waals surface area (Å²) in [6.45, 7) is 2.41. The number of hydrogen-bond donors (Lipinski definition) is 1. The molecule has 1 aliphatic heterocycles. The van der Waals surface area contributed by atoms with E-state index in [1.165, 1.54) is 10.6 Å². The molecule has 0 saturated carbocycles. The maximum Gasteiger partial charge on any atom is 0.243 e. The maximum atomic E-state index is 12.6. The number of aliphatic hydroxyl groups is 1. The van der Waals surface area contributed by atoms with Crippen LogP contribution in [-0.4, -0.2) is 36.2 Å². The summed E-state index contributed by atoms with van der Waals surface area (Å²) >= 11 is 3.41. The summed E-state index contributed by atoms with van der Waals surface area (Å²) in [5.41, 5.74) is 0.436. The topological polar surface area (TPSA) is 70.8 Å². The van der Waals surface area contributed by atoms with Gasteiger partial charge < -0.3 is 9.52 Å². The van der Waals surface area contributed by atoms with Gasteiger partial charge in [0.05, 0.1) is 11.2 Å². The molecule has 1 aromatic carbocycles. The molecule has 2 aromatic rings. The first-order valence-corrected chi connectivity index (χ1v) is 9.79. The Morgan fingerprint density at radius 3 is 2.48 bits per heavy atom. The fourth-order valence-electron chi connectivity index (χ4n) is 2.76. The molecule has 124 valence electrons. The molecule has 1 atom stereocenters. The lowest BCUT2D eigenvalue weighted by molar-refractivity contribution is -0.0512. The number of furan rings is 1. The molecule has 0 aliphatic carbocycles. The average Bonchev–Trinajstić information content (AvgIpc) is 3.01. The molecule has 1 aliphatic rings. The second kappa shape index (κ2) is 6.05. The van der Waals surface area contributed by atoms with Crippen molar-refractivity contribution in [3.05, 3.63) is 54.0 Å². The number of sulfonamides is 1. The molecule has 0 amide bonds. The van der Waals surface area contributed by atoms with Crippen LogP contribution < -0.4 is 0 Å². The lowest BCUT2D eigenvalue weighted by atomic mass is 9.77. The zero-order valence-corrected chi connectivity index (χ0v) is 15.0. The van der Waals surface area contributed by atoms with Gasteiger partial charge >= 0.3 is 0 Å². The molecule has 23 heavy (non-hydrogen) atoms. The van der Waals surface area contributed by atoms with Gasteiger partial charge in [0.1, 0.15) is 11.9 Å². The minimum Gasteiger partial charge on any atom is -0.467 e. The van der Waals surface area contributed by atoms with Gasteiger partial charge in [-0.1, -0.05) is 33.6 Å². The van der Waals surface area contributed by atoms with Crippen molar-refractivity contribution in [3.8, 4) is 0 Å². The van der Waals surface area contributed by atoms with E-state index in [1.807, 2.05) is 6.92 Å². The summed E-state index contributed by atoms with van der Waals surface area (Å²) in [4.78, 5) is 0.277. The highest BCUT2D eigenvalue weighted by Gasteiger charge is 2.53. The van der Waals surface area contributed by atoms with Crippen LogP contribution in [0.3, 0.4) is 0 Å². The van der Waals surface area contributed by atoms with Gasteiger partial charge in [-0.3, -0.25) is 0 Å². The van der Waals surface area contributed by atoms with Crippen LogP contribution in [0.2, 0.25) is 0 Å². The van der Waals surface area contributed by atoms with Crippen LogP contribution in [0.15, 0.2) is 52.0 Å². The normalized spacial score (nSPS) is 19.3. The Morgan fingerprint density at radius 2 is 1.96 bits per heavy atom. The standard InChI is InChI=1S/C16H18BrNO4S/c1-12-4-6-13(7-5-12)23(20,21)18-10-16(9-17,11-18)15(19)14-3-2-8-22-14/h2-8,15,19H,9-11H2,1H3/t15-/m1/s1. The van der Waals surface area contributed by atoms with Crippen LogP contribution in [-0.2, 0) is 10.0 Å². The highest BCUT2D eigenvalue weighted by molar-refractivity contribution is 9.09. The van der Waals surface area contributed by atoms with Crippen molar-refractivity contribution < 1.29 is 17.9 Å². The molecular weight excluding hydrogens is 382 g/mol. The fourth-order valence-corrected chi connectivity index (χ4v) is 5.06. The largest absolute Gasteiger partial charge is 0.467 e. The van der Waals surface area contributed by atoms with E-state index in [2.05, 4.69) is 15.9 Å². The van der Waals surface area contributed by atoms with Crippen molar-refractivity contribution in [2.45, 2.75) is 17.9 Å². The molecule has 1 saturated heterocycles. The monoisotopic (exact) mass is 399 g/mol. The number of nitrogens with zero attached hydrogens (tertiary/aromatic N) is 1. The quantitative estimate of drug-likeness (QED) is 0.784. The highest BCUT2D eigenvalue weighted by Crippen LogP contribution is 2.45. The third kappa shape index (κ3) is 2.87. The molecule has 5 nitrogen and oxygen atoms in total. The second-order valence-corrected chi connectivity index (χ2v) is 8.50. The van der Waals surface area contributed by atoms with Crippen molar-refractivity contribution >= 4 is 26.0 Å². The predicted molar refractivity (Wildman–Crippen MR) is 89.8 cm³/mol. The fraction of sp³-hybridized carbons (Fsp3) is 0.375. The highest BCUT2D eigenvalue weighted by atomic mass is 79.9. The van der Waals surface area contributed by atoms with Crippen LogP contribution in [0.25, 0.3) is 0 Å². The van der Waals surface area contributed by atoms with E-state index in [0.717, 1.165) is 5.56 Å². The lowest BCUT2D eigenvalue weighted by Crippen LogP contribution is -2.61. The van der Waals surface area contributed by atoms with E-state index in [-0.39, 0.29) is 18.0 Å². The van der Waals surface area contributed by atoms with Gasteiger partial charge in [-0.2, -0.15) is 4.31 Å². The third-order valence-electron chi connectivity index (χ3n) is 4.30. The molecular formula is C16H18BrNO4S. The molecule has 0 unspecified atom stereocenters. The Kier molecular flexibility index (Phi) is 4.39. The second-order valence-electron chi connectivity index (χ2n) is 6.00. The number of alkyl halides is 1. The number of halogens is 1. The molecule has 7 heteroatoms. The van der Waals surface area contributed by atoms with E-state index < -0.39 is 21.5 Å². The smallest absolute Gasteiger partial charge is 0.243 e. The summed E-state index contributed by atoms with van der Waals surface area (Å²) in [6, 6.07) is 10.2. The van der Waals surface area contributed by atoms with Crippen molar-refractivity contribution in [1.82, 2.24) is 4.31 Å². The average molecular weight is 400 g/mol. The summed E-state index contributed by atoms with van der Waals surface area (Å²) in [6.07, 6.45) is 0.654. The van der Waals surface area contributed by atoms with Gasteiger partial charge in [-0.05, 0) is 31.2 Å². The molecule has 1 fully saturated rings. The van der Waals surface area contributed by atoms with E-state index in [9.17, 15) is 13.5 Å². The van der Waals surface area contributed by atoms with Gasteiger partial charge in [0.2, 0.25) is 10.0 Å². The van der Waals surface area contributed by atoms with Crippen LogP contribution in [0.1, 0.15) is 17.4 Å². The van der Waals surface area contributed by atoms with E-state index >= 15 is 0 Å². The minimum absolute atomic E-state index is 0.246. The molecule has 2 heterocycles. The first kappa shape index (κ1) is 16.7. The maximum absolute atomic E-state index is 12.6. The Labute approximate surface area is 144 Å². The number of aliphatic hydroxyl groups excluding tert-OH is 1. The van der Waals surface area contributed by atoms with Crippen molar-refractivity contribution in [1.29, 1.82) is 0 Å². The number of hydrogen-bond acceptors (Lipinski definition) is 4. The zero-order chi connectivity index (χ0) is 16.7. The van der Waals surface area contributed by atoms with Crippen LogP contribution in [0.4, 0.5) is 0 Å². The van der Waals surface area contributed by atoms with Crippen LogP contribution >= 0.6 is 15.9 Å². The Bertz CT molecular complexity index is 765.